The van der Waals surface area contributed by atoms with Gasteiger partial charge in [-0.2, -0.15) is 0 Å². The van der Waals surface area contributed by atoms with E-state index in [0.717, 1.165) is 11.1 Å². The van der Waals surface area contributed by atoms with Crippen molar-refractivity contribution in [3.63, 3.8) is 0 Å². The molecule has 0 N–H and O–H groups in total. The van der Waals surface area contributed by atoms with E-state index in [-0.39, 0.29) is 10.6 Å². The lowest BCUT2D eigenvalue weighted by molar-refractivity contribution is -0.383. The molecule has 4 nitrogen and oxygen atoms in total. The fourth-order valence-corrected chi connectivity index (χ4v) is 2.66. The van der Waals surface area contributed by atoms with Gasteiger partial charge in [-0.25, -0.2) is 0 Å². The summed E-state index contributed by atoms with van der Waals surface area (Å²) in [5.74, 6) is 0. The van der Waals surface area contributed by atoms with Gasteiger partial charge in [0.25, 0.3) is 5.69 Å². The van der Waals surface area contributed by atoms with Crippen LogP contribution in [0.15, 0.2) is 48.7 Å². The lowest BCUT2D eigenvalue weighted by Gasteiger charge is -2.07. The molecule has 1 aromatic heterocycles. The number of fused-ring (bicyclic) bond motifs is 1. The molecule has 0 aliphatic carbocycles. The van der Waals surface area contributed by atoms with Gasteiger partial charge in [0.1, 0.15) is 0 Å². The molecular formula is C15H10Cl2N2O2. The zero-order valence-electron chi connectivity index (χ0n) is 10.8. The van der Waals surface area contributed by atoms with Crippen LogP contribution >= 0.6 is 23.2 Å². The third-order valence-corrected chi connectivity index (χ3v) is 4.06. The van der Waals surface area contributed by atoms with Crippen molar-refractivity contribution in [1.82, 2.24) is 4.57 Å². The van der Waals surface area contributed by atoms with Gasteiger partial charge in [-0.05, 0) is 29.8 Å². The number of hydrogen-bond donors (Lipinski definition) is 0. The summed E-state index contributed by atoms with van der Waals surface area (Å²) in [6.07, 6.45) is 1.83. The zero-order chi connectivity index (χ0) is 15.0. The van der Waals surface area contributed by atoms with Crippen LogP contribution in [0.4, 0.5) is 5.69 Å². The lowest BCUT2D eigenvalue weighted by atomic mass is 10.2. The maximum atomic E-state index is 11.0. The first-order valence-electron chi connectivity index (χ1n) is 6.22. The van der Waals surface area contributed by atoms with Gasteiger partial charge in [-0.3, -0.25) is 10.1 Å². The summed E-state index contributed by atoms with van der Waals surface area (Å²) in [6.45, 7) is 0.571. The minimum atomic E-state index is -0.369. The minimum absolute atomic E-state index is 0.111. The summed E-state index contributed by atoms with van der Waals surface area (Å²) < 4.78 is 1.95. The molecule has 0 bridgehead atoms. The highest BCUT2D eigenvalue weighted by Gasteiger charge is 2.13. The Balaban J connectivity index is 2.03. The van der Waals surface area contributed by atoms with Crippen LogP contribution in [0.1, 0.15) is 5.56 Å². The molecule has 1 heterocycles. The Bertz CT molecular complexity index is 843. The van der Waals surface area contributed by atoms with Crippen molar-refractivity contribution < 1.29 is 4.92 Å². The van der Waals surface area contributed by atoms with Crippen molar-refractivity contribution >= 4 is 39.8 Å². The highest BCUT2D eigenvalue weighted by Crippen LogP contribution is 2.28. The summed E-state index contributed by atoms with van der Waals surface area (Å²) in [7, 11) is 0. The minimum Gasteiger partial charge on any atom is -0.343 e. The summed E-state index contributed by atoms with van der Waals surface area (Å²) in [6, 6.07) is 12.2. The first-order chi connectivity index (χ1) is 10.1. The first-order valence-corrected chi connectivity index (χ1v) is 6.98. The quantitative estimate of drug-likeness (QED) is 0.508. The standard InChI is InChI=1S/C15H10Cl2N2O2/c16-12-5-4-10(8-13(12)17)9-18-7-6-11-14(18)2-1-3-15(11)19(20)21/h1-8H,9H2. The number of non-ortho nitro benzene ring substituents is 1. The molecule has 0 saturated carbocycles. The maximum absolute atomic E-state index is 11.0. The predicted molar refractivity (Wildman–Crippen MR) is 84.2 cm³/mol. The molecule has 0 radical (unpaired) electrons. The third-order valence-electron chi connectivity index (χ3n) is 3.32. The Labute approximate surface area is 130 Å². The number of nitro groups is 1. The number of nitrogens with zero attached hydrogens (tertiary/aromatic N) is 2. The molecule has 0 saturated heterocycles. The third kappa shape index (κ3) is 2.60. The second-order valence-electron chi connectivity index (χ2n) is 4.66. The highest BCUT2D eigenvalue weighted by molar-refractivity contribution is 6.42. The molecular weight excluding hydrogens is 311 g/mol. The van der Waals surface area contributed by atoms with Gasteiger partial charge in [0.2, 0.25) is 0 Å². The molecule has 0 unspecified atom stereocenters. The largest absolute Gasteiger partial charge is 0.343 e. The number of halogens is 2. The van der Waals surface area contributed by atoms with Crippen LogP contribution in [-0.4, -0.2) is 9.49 Å². The monoisotopic (exact) mass is 320 g/mol. The Morgan fingerprint density at radius 2 is 1.90 bits per heavy atom. The lowest BCUT2D eigenvalue weighted by Crippen LogP contribution is -1.98. The van der Waals surface area contributed by atoms with E-state index in [4.69, 9.17) is 23.2 Å². The van der Waals surface area contributed by atoms with Gasteiger partial charge in [0, 0.05) is 18.8 Å². The Morgan fingerprint density at radius 3 is 2.62 bits per heavy atom. The summed E-state index contributed by atoms with van der Waals surface area (Å²) in [5, 5.41) is 12.7. The maximum Gasteiger partial charge on any atom is 0.278 e. The van der Waals surface area contributed by atoms with Crippen molar-refractivity contribution in [2.45, 2.75) is 6.54 Å². The van der Waals surface area contributed by atoms with Crippen LogP contribution in [0.25, 0.3) is 10.9 Å². The number of nitro benzene ring substituents is 1. The Morgan fingerprint density at radius 1 is 1.10 bits per heavy atom. The number of benzene rings is 2. The van der Waals surface area contributed by atoms with E-state index >= 15 is 0 Å². The first kappa shape index (κ1) is 13.9. The Kier molecular flexibility index (Phi) is 3.57. The van der Waals surface area contributed by atoms with Crippen LogP contribution in [0.3, 0.4) is 0 Å². The fraction of sp³-hybridized carbons (Fsp3) is 0.0667. The molecule has 0 atom stereocenters. The molecule has 6 heteroatoms. The molecule has 0 aliphatic heterocycles. The van der Waals surface area contributed by atoms with E-state index in [1.54, 1.807) is 24.3 Å². The van der Waals surface area contributed by atoms with E-state index in [0.29, 0.717) is 22.0 Å². The van der Waals surface area contributed by atoms with E-state index in [9.17, 15) is 10.1 Å². The average Bonchev–Trinajstić information content (AvgIpc) is 2.86. The summed E-state index contributed by atoms with van der Waals surface area (Å²) in [5.41, 5.74) is 1.91. The zero-order valence-corrected chi connectivity index (χ0v) is 12.3. The van der Waals surface area contributed by atoms with E-state index < -0.39 is 0 Å². The second kappa shape index (κ2) is 5.39. The molecule has 3 rings (SSSR count). The molecule has 0 aliphatic rings. The molecule has 0 fully saturated rings. The second-order valence-corrected chi connectivity index (χ2v) is 5.47. The normalized spacial score (nSPS) is 11.0. The Hall–Kier alpha value is -2.04. The van der Waals surface area contributed by atoms with E-state index in [1.165, 1.54) is 6.07 Å². The summed E-state index contributed by atoms with van der Waals surface area (Å²) >= 11 is 11.9. The number of rotatable bonds is 3. The van der Waals surface area contributed by atoms with Gasteiger partial charge in [-0.1, -0.05) is 35.3 Å². The summed E-state index contributed by atoms with van der Waals surface area (Å²) in [4.78, 5) is 10.7. The number of aromatic nitrogens is 1. The van der Waals surface area contributed by atoms with Crippen molar-refractivity contribution in [2.75, 3.05) is 0 Å². The molecule has 21 heavy (non-hydrogen) atoms. The highest BCUT2D eigenvalue weighted by atomic mass is 35.5. The molecule has 0 spiro atoms. The SMILES string of the molecule is O=[N+]([O-])c1cccc2c1ccn2Cc1ccc(Cl)c(Cl)c1. The predicted octanol–water partition coefficient (Wildman–Crippen LogP) is 4.90. The van der Waals surface area contributed by atoms with Crippen LogP contribution in [-0.2, 0) is 6.54 Å². The smallest absolute Gasteiger partial charge is 0.278 e. The van der Waals surface area contributed by atoms with Crippen molar-refractivity contribution in [3.8, 4) is 0 Å². The van der Waals surface area contributed by atoms with Crippen LogP contribution in [0, 0.1) is 10.1 Å². The molecule has 3 aromatic rings. The van der Waals surface area contributed by atoms with Crippen LogP contribution < -0.4 is 0 Å². The van der Waals surface area contributed by atoms with Gasteiger partial charge in [0.15, 0.2) is 0 Å². The molecule has 106 valence electrons. The van der Waals surface area contributed by atoms with E-state index in [2.05, 4.69) is 0 Å². The fourth-order valence-electron chi connectivity index (χ4n) is 2.34. The number of hydrogen-bond acceptors (Lipinski definition) is 2. The van der Waals surface area contributed by atoms with Gasteiger partial charge in [-0.15, -0.1) is 0 Å². The topological polar surface area (TPSA) is 48.1 Å². The molecule has 2 aromatic carbocycles. The average molecular weight is 321 g/mol. The molecule has 0 amide bonds. The van der Waals surface area contributed by atoms with Crippen LogP contribution in [0.5, 0.6) is 0 Å². The van der Waals surface area contributed by atoms with Crippen molar-refractivity contribution in [2.24, 2.45) is 0 Å². The van der Waals surface area contributed by atoms with Crippen molar-refractivity contribution in [1.29, 1.82) is 0 Å². The van der Waals surface area contributed by atoms with E-state index in [1.807, 2.05) is 22.9 Å². The van der Waals surface area contributed by atoms with Gasteiger partial charge < -0.3 is 4.57 Å². The van der Waals surface area contributed by atoms with Gasteiger partial charge >= 0.3 is 0 Å². The van der Waals surface area contributed by atoms with Gasteiger partial charge in [0.05, 0.1) is 25.9 Å². The van der Waals surface area contributed by atoms with Crippen molar-refractivity contribution in [3.05, 3.63) is 74.4 Å². The van der Waals surface area contributed by atoms with Crippen LogP contribution in [0.2, 0.25) is 10.0 Å².